The second kappa shape index (κ2) is 4.63. The molecule has 1 heterocycles. The Morgan fingerprint density at radius 2 is 2.05 bits per heavy atom. The van der Waals surface area contributed by atoms with Crippen molar-refractivity contribution < 1.29 is 4.39 Å². The van der Waals surface area contributed by atoms with Gasteiger partial charge in [0.2, 0.25) is 0 Å². The zero-order chi connectivity index (χ0) is 14.3. The molecule has 102 valence electrons. The third-order valence-corrected chi connectivity index (χ3v) is 3.59. The van der Waals surface area contributed by atoms with Crippen molar-refractivity contribution >= 4 is 16.7 Å². The molecule has 0 bridgehead atoms. The van der Waals surface area contributed by atoms with Gasteiger partial charge in [-0.05, 0) is 37.6 Å². The molecule has 0 atom stereocenters. The Hall–Kier alpha value is -2.36. The van der Waals surface area contributed by atoms with Gasteiger partial charge in [-0.1, -0.05) is 12.1 Å². The highest BCUT2D eigenvalue weighted by molar-refractivity contribution is 5.84. The van der Waals surface area contributed by atoms with E-state index in [1.54, 1.807) is 6.07 Å². The summed E-state index contributed by atoms with van der Waals surface area (Å²) in [6.45, 7) is 4.77. The molecule has 20 heavy (non-hydrogen) atoms. The summed E-state index contributed by atoms with van der Waals surface area (Å²) >= 11 is 0. The van der Waals surface area contributed by atoms with E-state index in [1.807, 2.05) is 32.0 Å². The minimum Gasteiger partial charge on any atom is -0.398 e. The average Bonchev–Trinajstić information content (AvgIpc) is 2.79. The number of anilines is 1. The van der Waals surface area contributed by atoms with Crippen LogP contribution in [0.15, 0.2) is 36.4 Å². The molecule has 0 amide bonds. The van der Waals surface area contributed by atoms with Crippen molar-refractivity contribution in [2.75, 3.05) is 5.73 Å². The van der Waals surface area contributed by atoms with Crippen LogP contribution in [0.25, 0.3) is 22.4 Å². The number of hydrogen-bond donors (Lipinski definition) is 1. The van der Waals surface area contributed by atoms with E-state index >= 15 is 0 Å². The first-order valence-electron chi connectivity index (χ1n) is 6.63. The molecule has 0 aliphatic heterocycles. The number of nitrogens with zero attached hydrogens (tertiary/aromatic N) is 2. The maximum Gasteiger partial charge on any atom is 0.143 e. The first-order chi connectivity index (χ1) is 9.61. The Labute approximate surface area is 116 Å². The lowest BCUT2D eigenvalue weighted by Crippen LogP contribution is -2.01. The van der Waals surface area contributed by atoms with Crippen LogP contribution in [-0.4, -0.2) is 9.55 Å². The topological polar surface area (TPSA) is 43.8 Å². The van der Waals surface area contributed by atoms with Crippen LogP contribution in [0, 0.1) is 12.7 Å². The molecule has 0 aliphatic carbocycles. The van der Waals surface area contributed by atoms with Crippen LogP contribution in [0.5, 0.6) is 0 Å². The molecule has 0 unspecified atom stereocenters. The second-order valence-corrected chi connectivity index (χ2v) is 4.85. The highest BCUT2D eigenvalue weighted by atomic mass is 19.1. The number of hydrogen-bond acceptors (Lipinski definition) is 2. The van der Waals surface area contributed by atoms with Gasteiger partial charge in [0.25, 0.3) is 0 Å². The number of para-hydroxylation sites is 1. The van der Waals surface area contributed by atoms with E-state index in [1.165, 1.54) is 12.1 Å². The number of fused-ring (bicyclic) bond motifs is 1. The van der Waals surface area contributed by atoms with Crippen LogP contribution < -0.4 is 5.73 Å². The standard InChI is InChI=1S/C16H16FN3/c1-3-20-14-8-7-11(17)9-13(14)19-16(20)12-6-4-5-10(2)15(12)18/h4-9H,3,18H2,1-2H3. The Morgan fingerprint density at radius 1 is 1.25 bits per heavy atom. The molecule has 2 aromatic carbocycles. The van der Waals surface area contributed by atoms with Crippen LogP contribution in [0.3, 0.4) is 0 Å². The minimum atomic E-state index is -0.276. The Kier molecular flexibility index (Phi) is 2.93. The lowest BCUT2D eigenvalue weighted by Gasteiger charge is -2.10. The van der Waals surface area contributed by atoms with Gasteiger partial charge in [0.05, 0.1) is 11.0 Å². The monoisotopic (exact) mass is 269 g/mol. The van der Waals surface area contributed by atoms with Gasteiger partial charge in [0.1, 0.15) is 11.6 Å². The van der Waals surface area contributed by atoms with E-state index in [2.05, 4.69) is 9.55 Å². The van der Waals surface area contributed by atoms with Crippen LogP contribution in [-0.2, 0) is 6.54 Å². The van der Waals surface area contributed by atoms with Crippen molar-refractivity contribution in [2.24, 2.45) is 0 Å². The Balaban J connectivity index is 2.33. The molecule has 3 aromatic rings. The number of benzene rings is 2. The molecule has 2 N–H and O–H groups in total. The first kappa shape index (κ1) is 12.7. The summed E-state index contributed by atoms with van der Waals surface area (Å²) in [5.41, 5.74) is 10.4. The van der Waals surface area contributed by atoms with Crippen molar-refractivity contribution in [2.45, 2.75) is 20.4 Å². The maximum atomic E-state index is 13.4. The Morgan fingerprint density at radius 3 is 2.80 bits per heavy atom. The van der Waals surface area contributed by atoms with Gasteiger partial charge in [-0.3, -0.25) is 0 Å². The fourth-order valence-corrected chi connectivity index (χ4v) is 2.50. The van der Waals surface area contributed by atoms with E-state index in [-0.39, 0.29) is 5.82 Å². The fourth-order valence-electron chi connectivity index (χ4n) is 2.50. The second-order valence-electron chi connectivity index (χ2n) is 4.85. The molecule has 0 saturated heterocycles. The van der Waals surface area contributed by atoms with Crippen LogP contribution >= 0.6 is 0 Å². The third kappa shape index (κ3) is 1.84. The van der Waals surface area contributed by atoms with Crippen molar-refractivity contribution in [1.29, 1.82) is 0 Å². The first-order valence-corrected chi connectivity index (χ1v) is 6.63. The lowest BCUT2D eigenvalue weighted by molar-refractivity contribution is 0.629. The third-order valence-electron chi connectivity index (χ3n) is 3.59. The van der Waals surface area contributed by atoms with Crippen LogP contribution in [0.1, 0.15) is 12.5 Å². The summed E-state index contributed by atoms with van der Waals surface area (Å²) in [4.78, 5) is 4.56. The van der Waals surface area contributed by atoms with Gasteiger partial charge in [-0.15, -0.1) is 0 Å². The van der Waals surface area contributed by atoms with Crippen molar-refractivity contribution in [3.05, 3.63) is 47.8 Å². The summed E-state index contributed by atoms with van der Waals surface area (Å²) in [6.07, 6.45) is 0. The van der Waals surface area contributed by atoms with Gasteiger partial charge < -0.3 is 10.3 Å². The smallest absolute Gasteiger partial charge is 0.143 e. The summed E-state index contributed by atoms with van der Waals surface area (Å²) in [5, 5.41) is 0. The molecule has 3 nitrogen and oxygen atoms in total. The van der Waals surface area contributed by atoms with Gasteiger partial charge in [-0.2, -0.15) is 0 Å². The zero-order valence-electron chi connectivity index (χ0n) is 11.5. The van der Waals surface area contributed by atoms with Crippen LogP contribution in [0.2, 0.25) is 0 Å². The zero-order valence-corrected chi connectivity index (χ0v) is 11.5. The molecular weight excluding hydrogens is 253 g/mol. The number of imidazole rings is 1. The molecule has 0 spiro atoms. The normalized spacial score (nSPS) is 11.2. The SMILES string of the molecule is CCn1c(-c2cccc(C)c2N)nc2cc(F)ccc21. The molecule has 3 rings (SSSR count). The average molecular weight is 269 g/mol. The van der Waals surface area contributed by atoms with Crippen LogP contribution in [0.4, 0.5) is 10.1 Å². The van der Waals surface area contributed by atoms with E-state index < -0.39 is 0 Å². The molecule has 1 aromatic heterocycles. The van der Waals surface area contributed by atoms with E-state index in [4.69, 9.17) is 5.73 Å². The summed E-state index contributed by atoms with van der Waals surface area (Å²) in [7, 11) is 0. The number of halogens is 1. The van der Waals surface area contributed by atoms with E-state index in [9.17, 15) is 4.39 Å². The number of rotatable bonds is 2. The molecule has 0 saturated carbocycles. The number of aryl methyl sites for hydroxylation is 2. The molecule has 0 aliphatic rings. The Bertz CT molecular complexity index is 790. The summed E-state index contributed by atoms with van der Waals surface area (Å²) in [5.74, 6) is 0.510. The fraction of sp³-hybridized carbons (Fsp3) is 0.188. The predicted molar refractivity (Wildman–Crippen MR) is 80.0 cm³/mol. The number of nitrogens with two attached hydrogens (primary N) is 1. The number of nitrogen functional groups attached to an aromatic ring is 1. The van der Waals surface area contributed by atoms with E-state index in [0.29, 0.717) is 5.52 Å². The molecule has 0 radical (unpaired) electrons. The van der Waals surface area contributed by atoms with Gasteiger partial charge in [0.15, 0.2) is 0 Å². The largest absolute Gasteiger partial charge is 0.398 e. The molecular formula is C16H16FN3. The van der Waals surface area contributed by atoms with Crippen molar-refractivity contribution in [3.63, 3.8) is 0 Å². The van der Waals surface area contributed by atoms with Crippen molar-refractivity contribution in [1.82, 2.24) is 9.55 Å². The predicted octanol–water partition coefficient (Wildman–Crippen LogP) is 3.75. The summed E-state index contributed by atoms with van der Waals surface area (Å²) < 4.78 is 15.4. The highest BCUT2D eigenvalue weighted by Crippen LogP contribution is 2.30. The van der Waals surface area contributed by atoms with Crippen molar-refractivity contribution in [3.8, 4) is 11.4 Å². The maximum absolute atomic E-state index is 13.4. The van der Waals surface area contributed by atoms with Gasteiger partial charge >= 0.3 is 0 Å². The van der Waals surface area contributed by atoms with E-state index in [0.717, 1.165) is 34.7 Å². The minimum absolute atomic E-state index is 0.276. The summed E-state index contributed by atoms with van der Waals surface area (Å²) in [6, 6.07) is 10.6. The number of aromatic nitrogens is 2. The molecule has 4 heteroatoms. The quantitative estimate of drug-likeness (QED) is 0.720. The van der Waals surface area contributed by atoms with Gasteiger partial charge in [0, 0.05) is 23.9 Å². The highest BCUT2D eigenvalue weighted by Gasteiger charge is 2.14. The lowest BCUT2D eigenvalue weighted by atomic mass is 10.1. The molecule has 0 fully saturated rings. The van der Waals surface area contributed by atoms with Gasteiger partial charge in [-0.25, -0.2) is 9.37 Å².